The van der Waals surface area contributed by atoms with Crippen LogP contribution in [-0.2, 0) is 9.59 Å². The number of amides is 2. The molecular weight excluding hydrogens is 323 g/mol. The molecule has 7 heteroatoms. The predicted octanol–water partition coefficient (Wildman–Crippen LogP) is 1.51. The van der Waals surface area contributed by atoms with Crippen LogP contribution in [0.2, 0.25) is 0 Å². The van der Waals surface area contributed by atoms with E-state index in [1.807, 2.05) is 11.0 Å². The molecule has 134 valence electrons. The van der Waals surface area contributed by atoms with Crippen LogP contribution in [0.25, 0.3) is 0 Å². The number of nitrogens with zero attached hydrogens (tertiary/aromatic N) is 3. The maximum atomic E-state index is 14.1. The maximum absolute atomic E-state index is 14.1. The first-order chi connectivity index (χ1) is 11.9. The summed E-state index contributed by atoms with van der Waals surface area (Å²) in [6, 6.07) is 6.36. The van der Waals surface area contributed by atoms with E-state index in [4.69, 9.17) is 5.26 Å². The average molecular weight is 346 g/mol. The number of rotatable bonds is 5. The fraction of sp³-hybridized carbons (Fsp3) is 0.500. The van der Waals surface area contributed by atoms with Gasteiger partial charge in [-0.3, -0.25) is 9.59 Å². The molecule has 2 rings (SSSR count). The van der Waals surface area contributed by atoms with E-state index in [2.05, 4.69) is 5.32 Å². The molecule has 1 heterocycles. The zero-order valence-corrected chi connectivity index (χ0v) is 14.6. The number of hydrogen-bond donors (Lipinski definition) is 1. The molecule has 2 amide bonds. The highest BCUT2D eigenvalue weighted by Gasteiger charge is 2.26. The molecule has 1 aliphatic heterocycles. The summed E-state index contributed by atoms with van der Waals surface area (Å²) in [5.41, 5.74) is 0.761. The Labute approximate surface area is 147 Å². The molecule has 1 aromatic rings. The van der Waals surface area contributed by atoms with Gasteiger partial charge in [0.15, 0.2) is 0 Å². The van der Waals surface area contributed by atoms with Crippen LogP contribution in [0.4, 0.5) is 10.1 Å². The van der Waals surface area contributed by atoms with E-state index in [-0.39, 0.29) is 24.2 Å². The van der Waals surface area contributed by atoms with Crippen molar-refractivity contribution in [3.05, 3.63) is 29.6 Å². The molecular formula is C18H23FN4O2. The highest BCUT2D eigenvalue weighted by atomic mass is 19.1. The van der Waals surface area contributed by atoms with Crippen LogP contribution < -0.4 is 10.2 Å². The summed E-state index contributed by atoms with van der Waals surface area (Å²) in [6.07, 6.45) is 1.55. The molecule has 0 unspecified atom stereocenters. The number of benzene rings is 1. The first-order valence-corrected chi connectivity index (χ1v) is 8.35. The summed E-state index contributed by atoms with van der Waals surface area (Å²) in [7, 11) is 3.37. The zero-order chi connectivity index (χ0) is 18.4. The lowest BCUT2D eigenvalue weighted by molar-refractivity contribution is -0.129. The lowest BCUT2D eigenvalue weighted by Gasteiger charge is -2.33. The molecule has 0 aliphatic carbocycles. The Hall–Kier alpha value is -2.62. The first-order valence-electron chi connectivity index (χ1n) is 8.35. The number of nitriles is 1. The topological polar surface area (TPSA) is 76.4 Å². The number of hydrogen-bond acceptors (Lipinski definition) is 4. The molecule has 0 spiro atoms. The van der Waals surface area contributed by atoms with Crippen molar-refractivity contribution in [3.8, 4) is 6.07 Å². The Kier molecular flexibility index (Phi) is 6.34. The Morgan fingerprint density at radius 3 is 2.60 bits per heavy atom. The summed E-state index contributed by atoms with van der Waals surface area (Å²) in [5.74, 6) is -0.603. The summed E-state index contributed by atoms with van der Waals surface area (Å²) < 4.78 is 14.1. The number of anilines is 1. The number of halogens is 1. The van der Waals surface area contributed by atoms with Crippen molar-refractivity contribution in [2.75, 3.05) is 38.6 Å². The third-order valence-electron chi connectivity index (χ3n) is 4.42. The third-order valence-corrected chi connectivity index (χ3v) is 4.42. The molecule has 0 saturated carbocycles. The van der Waals surface area contributed by atoms with Crippen LogP contribution in [0.5, 0.6) is 0 Å². The maximum Gasteiger partial charge on any atom is 0.223 e. The van der Waals surface area contributed by atoms with Gasteiger partial charge in [0.05, 0.1) is 17.3 Å². The van der Waals surface area contributed by atoms with Crippen LogP contribution in [0, 0.1) is 23.1 Å². The molecule has 0 aromatic heterocycles. The van der Waals surface area contributed by atoms with Gasteiger partial charge in [-0.25, -0.2) is 4.39 Å². The zero-order valence-electron chi connectivity index (χ0n) is 14.6. The van der Waals surface area contributed by atoms with Gasteiger partial charge < -0.3 is 15.1 Å². The van der Waals surface area contributed by atoms with Gasteiger partial charge in [-0.05, 0) is 31.0 Å². The second-order valence-corrected chi connectivity index (χ2v) is 6.37. The summed E-state index contributed by atoms with van der Waals surface area (Å²) in [4.78, 5) is 27.1. The smallest absolute Gasteiger partial charge is 0.223 e. The van der Waals surface area contributed by atoms with Crippen molar-refractivity contribution in [1.82, 2.24) is 10.2 Å². The summed E-state index contributed by atoms with van der Waals surface area (Å²) in [5, 5.41) is 11.6. The normalized spacial score (nSPS) is 14.7. The van der Waals surface area contributed by atoms with Gasteiger partial charge in [-0.2, -0.15) is 5.26 Å². The van der Waals surface area contributed by atoms with Crippen LogP contribution in [0.3, 0.4) is 0 Å². The number of piperidine rings is 1. The monoisotopic (exact) mass is 346 g/mol. The molecule has 0 radical (unpaired) electrons. The van der Waals surface area contributed by atoms with E-state index in [9.17, 15) is 14.0 Å². The lowest BCUT2D eigenvalue weighted by atomic mass is 9.95. The minimum absolute atomic E-state index is 0.0218. The minimum Gasteiger partial charge on any atom is -0.369 e. The fourth-order valence-electron chi connectivity index (χ4n) is 2.88. The molecule has 1 N–H and O–H groups in total. The van der Waals surface area contributed by atoms with E-state index < -0.39 is 5.82 Å². The van der Waals surface area contributed by atoms with Crippen LogP contribution in [0.15, 0.2) is 18.2 Å². The van der Waals surface area contributed by atoms with E-state index in [1.165, 1.54) is 11.0 Å². The fourth-order valence-corrected chi connectivity index (χ4v) is 2.88. The van der Waals surface area contributed by atoms with Crippen molar-refractivity contribution in [1.29, 1.82) is 5.26 Å². The Morgan fingerprint density at radius 2 is 2.04 bits per heavy atom. The number of carbonyl (C=O) groups excluding carboxylic acids is 2. The van der Waals surface area contributed by atoms with Crippen molar-refractivity contribution in [2.45, 2.75) is 19.3 Å². The summed E-state index contributed by atoms with van der Waals surface area (Å²) >= 11 is 0. The molecule has 0 atom stereocenters. The second-order valence-electron chi connectivity index (χ2n) is 6.37. The van der Waals surface area contributed by atoms with Crippen molar-refractivity contribution in [2.24, 2.45) is 5.92 Å². The third kappa shape index (κ3) is 4.92. The predicted molar refractivity (Wildman–Crippen MR) is 92.4 cm³/mol. The van der Waals surface area contributed by atoms with Gasteiger partial charge in [0.25, 0.3) is 0 Å². The van der Waals surface area contributed by atoms with Crippen molar-refractivity contribution < 1.29 is 14.0 Å². The van der Waals surface area contributed by atoms with E-state index in [0.29, 0.717) is 43.7 Å². The molecule has 0 bridgehead atoms. The van der Waals surface area contributed by atoms with E-state index in [1.54, 1.807) is 26.2 Å². The Bertz CT molecular complexity index is 676. The molecule has 1 aliphatic rings. The van der Waals surface area contributed by atoms with Crippen molar-refractivity contribution >= 4 is 17.5 Å². The quantitative estimate of drug-likeness (QED) is 0.877. The minimum atomic E-state index is -0.413. The van der Waals surface area contributed by atoms with Gasteiger partial charge in [-0.15, -0.1) is 0 Å². The van der Waals surface area contributed by atoms with Crippen LogP contribution >= 0.6 is 0 Å². The number of carbonyl (C=O) groups is 2. The van der Waals surface area contributed by atoms with Gasteiger partial charge in [-0.1, -0.05) is 0 Å². The van der Waals surface area contributed by atoms with E-state index in [0.717, 1.165) is 0 Å². The van der Waals surface area contributed by atoms with Gasteiger partial charge >= 0.3 is 0 Å². The molecule has 1 aromatic carbocycles. The average Bonchev–Trinajstić information content (AvgIpc) is 2.61. The molecule has 25 heavy (non-hydrogen) atoms. The largest absolute Gasteiger partial charge is 0.369 e. The van der Waals surface area contributed by atoms with Crippen LogP contribution in [-0.4, -0.2) is 50.4 Å². The second kappa shape index (κ2) is 8.47. The number of nitrogens with one attached hydrogen (secondary N) is 1. The molecule has 6 nitrogen and oxygen atoms in total. The van der Waals surface area contributed by atoms with Gasteiger partial charge in [0, 0.05) is 46.1 Å². The van der Waals surface area contributed by atoms with Crippen molar-refractivity contribution in [3.63, 3.8) is 0 Å². The standard InChI is InChI=1S/C18H23FN4O2/c1-22(2)17(24)5-8-21-18(25)14-6-9-23(10-7-14)16-4-3-13(12-20)11-15(16)19/h3-4,11,14H,5-10H2,1-2H3,(H,21,25). The molecule has 1 fully saturated rings. The van der Waals surface area contributed by atoms with Crippen LogP contribution in [0.1, 0.15) is 24.8 Å². The highest BCUT2D eigenvalue weighted by molar-refractivity contribution is 5.80. The Morgan fingerprint density at radius 1 is 1.36 bits per heavy atom. The SMILES string of the molecule is CN(C)C(=O)CCNC(=O)C1CCN(c2ccc(C#N)cc2F)CC1. The first kappa shape index (κ1) is 18.7. The summed E-state index contributed by atoms with van der Waals surface area (Å²) in [6.45, 7) is 1.50. The van der Waals surface area contributed by atoms with E-state index >= 15 is 0 Å². The highest BCUT2D eigenvalue weighted by Crippen LogP contribution is 2.26. The Balaban J connectivity index is 1.82. The van der Waals surface area contributed by atoms with Gasteiger partial charge in [0.1, 0.15) is 5.82 Å². The molecule has 1 saturated heterocycles. The lowest BCUT2D eigenvalue weighted by Crippen LogP contribution is -2.41. The van der Waals surface area contributed by atoms with Gasteiger partial charge in [0.2, 0.25) is 11.8 Å².